The van der Waals surface area contributed by atoms with Gasteiger partial charge in [0.1, 0.15) is 11.4 Å². The molecule has 7 heteroatoms. The molecule has 3 N–H and O–H groups in total. The average molecular weight is 238 g/mol. The number of carboxylic acids is 1. The number of amides is 1. The Morgan fingerprint density at radius 3 is 2.80 bits per heavy atom. The minimum absolute atomic E-state index is 0. The van der Waals surface area contributed by atoms with Gasteiger partial charge < -0.3 is 15.7 Å². The zero-order valence-electron chi connectivity index (χ0n) is 7.34. The zero-order valence-corrected chi connectivity index (χ0v) is 8.16. The van der Waals surface area contributed by atoms with Crippen molar-refractivity contribution in [1.82, 2.24) is 4.90 Å². The summed E-state index contributed by atoms with van der Waals surface area (Å²) in [6.07, 6.45) is 0. The molecular weight excluding hydrogens is 227 g/mol. The van der Waals surface area contributed by atoms with Crippen LogP contribution in [-0.2, 0) is 9.59 Å². The van der Waals surface area contributed by atoms with Gasteiger partial charge in [-0.15, -0.1) is 11.8 Å². The molecular formula is C8H11N2NaO3S. The normalized spacial score (nSPS) is 33.9. The molecule has 3 atom stereocenters. The summed E-state index contributed by atoms with van der Waals surface area (Å²) in [6, 6.07) is -1.43. The summed E-state index contributed by atoms with van der Waals surface area (Å²) in [6.45, 7) is 3.66. The van der Waals surface area contributed by atoms with Crippen molar-refractivity contribution in [2.24, 2.45) is 5.73 Å². The van der Waals surface area contributed by atoms with Gasteiger partial charge in [-0.1, -0.05) is 6.58 Å². The molecule has 2 heterocycles. The van der Waals surface area contributed by atoms with Gasteiger partial charge in [-0.05, 0) is 5.57 Å². The molecule has 0 spiro atoms. The number of carboxylic acid groups (broad SMARTS) is 1. The number of hydrogen-bond donors (Lipinski definition) is 2. The number of rotatable bonds is 1. The second kappa shape index (κ2) is 4.47. The van der Waals surface area contributed by atoms with E-state index in [-0.39, 0.29) is 40.8 Å². The number of hydrogen-bond acceptors (Lipinski definition) is 4. The van der Waals surface area contributed by atoms with Crippen LogP contribution in [0, 0.1) is 0 Å². The third-order valence-electron chi connectivity index (χ3n) is 2.46. The minimum atomic E-state index is -1.03. The fourth-order valence-corrected chi connectivity index (χ4v) is 2.98. The van der Waals surface area contributed by atoms with Crippen LogP contribution in [0.15, 0.2) is 12.2 Å². The first kappa shape index (κ1) is 13.1. The molecule has 15 heavy (non-hydrogen) atoms. The molecule has 2 fully saturated rings. The summed E-state index contributed by atoms with van der Waals surface area (Å²) in [4.78, 5) is 23.6. The van der Waals surface area contributed by atoms with Crippen LogP contribution in [0.25, 0.3) is 0 Å². The molecule has 0 aromatic rings. The Morgan fingerprint density at radius 1 is 1.67 bits per heavy atom. The number of carbonyl (C=O) groups excluding carboxylic acids is 1. The van der Waals surface area contributed by atoms with Crippen LogP contribution >= 0.6 is 11.8 Å². The molecule has 0 bridgehead atoms. The quantitative estimate of drug-likeness (QED) is 0.333. The van der Waals surface area contributed by atoms with Crippen molar-refractivity contribution in [2.75, 3.05) is 5.75 Å². The van der Waals surface area contributed by atoms with Gasteiger partial charge in [-0.2, -0.15) is 0 Å². The van der Waals surface area contributed by atoms with Crippen molar-refractivity contribution >= 4 is 53.2 Å². The summed E-state index contributed by atoms with van der Waals surface area (Å²) in [5.41, 5.74) is 6.10. The van der Waals surface area contributed by atoms with Crippen molar-refractivity contribution < 1.29 is 14.7 Å². The molecule has 1 amide bonds. The summed E-state index contributed by atoms with van der Waals surface area (Å²) in [5, 5.41) is 8.74. The van der Waals surface area contributed by atoms with Crippen molar-refractivity contribution in [3.8, 4) is 0 Å². The summed E-state index contributed by atoms with van der Waals surface area (Å²) in [7, 11) is 0. The number of β-lactam (4-membered cyclic amide) rings is 1. The van der Waals surface area contributed by atoms with Crippen molar-refractivity contribution in [2.45, 2.75) is 17.5 Å². The molecule has 0 aromatic heterocycles. The third-order valence-corrected chi connectivity index (χ3v) is 3.86. The molecule has 2 aliphatic heterocycles. The Morgan fingerprint density at radius 2 is 2.27 bits per heavy atom. The predicted octanol–water partition coefficient (Wildman–Crippen LogP) is -1.41. The van der Waals surface area contributed by atoms with Crippen molar-refractivity contribution in [3.05, 3.63) is 12.2 Å². The van der Waals surface area contributed by atoms with Crippen LogP contribution < -0.4 is 5.73 Å². The second-order valence-electron chi connectivity index (χ2n) is 3.37. The van der Waals surface area contributed by atoms with Gasteiger partial charge in [0.2, 0.25) is 5.91 Å². The van der Waals surface area contributed by atoms with Crippen LogP contribution in [0.2, 0.25) is 0 Å². The Labute approximate surface area is 113 Å². The standard InChI is InChI=1S/C8H10N2O3S.Na.H/c1-3-2-14-7-4(9)6(11)10(7)5(3)8(12)13;;/h4-5,7H,1-2,9H2,(H,12,13);;/t4?,5?,7-;;/m1../s1. The van der Waals surface area contributed by atoms with Gasteiger partial charge in [0, 0.05) is 5.75 Å². The molecule has 2 saturated heterocycles. The fraction of sp³-hybridized carbons (Fsp3) is 0.500. The van der Waals surface area contributed by atoms with E-state index in [2.05, 4.69) is 6.58 Å². The Balaban J connectivity index is 0.00000112. The van der Waals surface area contributed by atoms with E-state index in [9.17, 15) is 9.59 Å². The second-order valence-corrected chi connectivity index (χ2v) is 4.48. The fourth-order valence-electron chi connectivity index (χ4n) is 1.73. The van der Waals surface area contributed by atoms with Crippen LogP contribution in [0.4, 0.5) is 0 Å². The van der Waals surface area contributed by atoms with Gasteiger partial charge in [-0.25, -0.2) is 4.79 Å². The number of nitrogens with two attached hydrogens (primary N) is 1. The van der Waals surface area contributed by atoms with E-state index in [1.165, 1.54) is 16.7 Å². The average Bonchev–Trinajstić information content (AvgIpc) is 2.15. The van der Waals surface area contributed by atoms with Crippen molar-refractivity contribution in [3.63, 3.8) is 0 Å². The SMILES string of the molecule is C=C1CS[C@@H]2C(N)C(=O)N2C1C(=O)O.[NaH]. The van der Waals surface area contributed by atoms with E-state index < -0.39 is 18.1 Å². The predicted molar refractivity (Wildman–Crippen MR) is 58.8 cm³/mol. The zero-order chi connectivity index (χ0) is 10.5. The number of fused-ring (bicyclic) bond motifs is 1. The van der Waals surface area contributed by atoms with E-state index in [4.69, 9.17) is 10.8 Å². The van der Waals surface area contributed by atoms with Crippen LogP contribution in [0.5, 0.6) is 0 Å². The van der Waals surface area contributed by atoms with E-state index in [1.54, 1.807) is 0 Å². The number of thioether (sulfide) groups is 1. The molecule has 0 saturated carbocycles. The monoisotopic (exact) mass is 238 g/mol. The molecule has 0 aliphatic carbocycles. The van der Waals surface area contributed by atoms with Crippen LogP contribution in [0.3, 0.4) is 0 Å². The van der Waals surface area contributed by atoms with Crippen LogP contribution in [-0.4, -0.2) is 74.7 Å². The first-order valence-corrected chi connectivity index (χ1v) is 5.18. The Kier molecular flexibility index (Phi) is 3.89. The van der Waals surface area contributed by atoms with Gasteiger partial charge in [0.25, 0.3) is 0 Å². The van der Waals surface area contributed by atoms with Crippen molar-refractivity contribution in [1.29, 1.82) is 0 Å². The first-order chi connectivity index (χ1) is 6.54. The molecule has 0 aromatic carbocycles. The van der Waals surface area contributed by atoms with Gasteiger partial charge >= 0.3 is 35.5 Å². The van der Waals surface area contributed by atoms with E-state index in [0.29, 0.717) is 11.3 Å². The summed E-state index contributed by atoms with van der Waals surface area (Å²) in [5.74, 6) is -0.768. The van der Waals surface area contributed by atoms with Gasteiger partial charge in [0.05, 0.1) is 0 Å². The first-order valence-electron chi connectivity index (χ1n) is 4.14. The van der Waals surface area contributed by atoms with E-state index >= 15 is 0 Å². The number of aliphatic carboxylic acids is 1. The Hall–Kier alpha value is -0.0100. The molecule has 2 rings (SSSR count). The van der Waals surface area contributed by atoms with E-state index in [0.717, 1.165) is 0 Å². The van der Waals surface area contributed by atoms with Gasteiger partial charge in [-0.3, -0.25) is 4.79 Å². The molecule has 0 radical (unpaired) electrons. The molecule has 78 valence electrons. The summed E-state index contributed by atoms with van der Waals surface area (Å²) >= 11 is 1.47. The maximum absolute atomic E-state index is 11.3. The van der Waals surface area contributed by atoms with Crippen LogP contribution in [0.1, 0.15) is 0 Å². The Bertz CT molecular complexity index is 336. The summed E-state index contributed by atoms with van der Waals surface area (Å²) < 4.78 is 0. The molecule has 2 aliphatic rings. The third kappa shape index (κ3) is 1.85. The topological polar surface area (TPSA) is 83.6 Å². The maximum atomic E-state index is 11.3. The number of nitrogens with zero attached hydrogens (tertiary/aromatic N) is 1. The number of carbonyl (C=O) groups is 2. The van der Waals surface area contributed by atoms with Gasteiger partial charge in [0.15, 0.2) is 6.04 Å². The van der Waals surface area contributed by atoms with E-state index in [1.807, 2.05) is 0 Å². The molecule has 5 nitrogen and oxygen atoms in total. The molecule has 2 unspecified atom stereocenters.